The van der Waals surface area contributed by atoms with E-state index in [1.807, 2.05) is 0 Å². The van der Waals surface area contributed by atoms with E-state index in [4.69, 9.17) is 0 Å². The summed E-state index contributed by atoms with van der Waals surface area (Å²) in [6, 6.07) is 6.26. The van der Waals surface area contributed by atoms with Gasteiger partial charge < -0.3 is 10.6 Å². The molecule has 1 aliphatic heterocycles. The fraction of sp³-hybridized carbons (Fsp3) is 0.412. The van der Waals surface area contributed by atoms with E-state index in [0.29, 0.717) is 12.1 Å². The van der Waals surface area contributed by atoms with Crippen LogP contribution >= 0.6 is 0 Å². The highest BCUT2D eigenvalue weighted by Gasteiger charge is 2.49. The maximum absolute atomic E-state index is 12.4. The van der Waals surface area contributed by atoms with Crippen molar-refractivity contribution >= 4 is 21.8 Å². The first-order valence-corrected chi connectivity index (χ1v) is 9.45. The number of nitrogens with zero attached hydrogens (tertiary/aromatic N) is 1. The molecule has 1 heterocycles. The summed E-state index contributed by atoms with van der Waals surface area (Å²) in [4.78, 5) is 23.6. The number of nitrogens with one attached hydrogen (secondary N) is 2. The second kappa shape index (κ2) is 6.97. The van der Waals surface area contributed by atoms with E-state index in [-0.39, 0.29) is 17.6 Å². The second-order valence-corrected chi connectivity index (χ2v) is 8.59. The zero-order valence-corrected chi connectivity index (χ0v) is 15.4. The smallest absolute Gasteiger partial charge is 0.251 e. The monoisotopic (exact) mass is 365 g/mol. The molecule has 0 aliphatic carbocycles. The molecule has 1 aromatic carbocycles. The van der Waals surface area contributed by atoms with Gasteiger partial charge in [0.2, 0.25) is 15.9 Å². The molecule has 136 valence electrons. The summed E-state index contributed by atoms with van der Waals surface area (Å²) in [5, 5.41) is 5.46. The van der Waals surface area contributed by atoms with E-state index in [1.165, 1.54) is 17.4 Å². The zero-order chi connectivity index (χ0) is 18.8. The van der Waals surface area contributed by atoms with E-state index >= 15 is 0 Å². The third-order valence-corrected chi connectivity index (χ3v) is 6.69. The van der Waals surface area contributed by atoms with Crippen LogP contribution in [0.25, 0.3) is 0 Å². The van der Waals surface area contributed by atoms with Gasteiger partial charge in [-0.25, -0.2) is 8.42 Å². The molecule has 2 N–H and O–H groups in total. The summed E-state index contributed by atoms with van der Waals surface area (Å²) in [5.74, 6) is -0.714. The minimum Gasteiger partial charge on any atom is -0.348 e. The van der Waals surface area contributed by atoms with E-state index < -0.39 is 21.6 Å². The Morgan fingerprint density at radius 3 is 2.40 bits per heavy atom. The van der Waals surface area contributed by atoms with Gasteiger partial charge in [0.15, 0.2) is 0 Å². The Balaban J connectivity index is 2.04. The van der Waals surface area contributed by atoms with E-state index in [2.05, 4.69) is 17.2 Å². The molecule has 0 saturated carbocycles. The van der Waals surface area contributed by atoms with Crippen molar-refractivity contribution in [3.05, 3.63) is 48.0 Å². The molecule has 1 atom stereocenters. The molecular weight excluding hydrogens is 342 g/mol. The molecule has 1 fully saturated rings. The van der Waals surface area contributed by atoms with E-state index in [0.717, 1.165) is 5.56 Å². The van der Waals surface area contributed by atoms with Gasteiger partial charge in [-0.05, 0) is 37.6 Å². The molecule has 0 spiro atoms. The summed E-state index contributed by atoms with van der Waals surface area (Å²) < 4.78 is 25.4. The number of benzene rings is 1. The third-order valence-electron chi connectivity index (χ3n) is 4.63. The predicted molar refractivity (Wildman–Crippen MR) is 95.4 cm³/mol. The fourth-order valence-corrected chi connectivity index (χ4v) is 4.58. The number of rotatable bonds is 5. The maximum Gasteiger partial charge on any atom is 0.251 e. The fourth-order valence-electron chi connectivity index (χ4n) is 2.60. The summed E-state index contributed by atoms with van der Waals surface area (Å²) >= 11 is 0. The van der Waals surface area contributed by atoms with Crippen molar-refractivity contribution in [3.8, 4) is 0 Å². The number of carbonyl (C=O) groups is 2. The van der Waals surface area contributed by atoms with Crippen molar-refractivity contribution in [2.75, 3.05) is 12.8 Å². The van der Waals surface area contributed by atoms with Gasteiger partial charge in [0.25, 0.3) is 5.91 Å². The van der Waals surface area contributed by atoms with Crippen molar-refractivity contribution in [1.29, 1.82) is 0 Å². The Labute approximate surface area is 148 Å². The van der Waals surface area contributed by atoms with Crippen LogP contribution in [0.3, 0.4) is 0 Å². The molecule has 1 aliphatic rings. The summed E-state index contributed by atoms with van der Waals surface area (Å²) in [5.41, 5.74) is 0.584. The number of hydrogen-bond acceptors (Lipinski definition) is 4. The number of amides is 2. The number of carbonyl (C=O) groups excluding carboxylic acids is 2. The van der Waals surface area contributed by atoms with Gasteiger partial charge >= 0.3 is 0 Å². The average molecular weight is 365 g/mol. The highest BCUT2D eigenvalue weighted by Crippen LogP contribution is 2.29. The Bertz CT molecular complexity index is 785. The van der Waals surface area contributed by atoms with Crippen molar-refractivity contribution in [2.45, 2.75) is 32.0 Å². The Kier molecular flexibility index (Phi) is 5.34. The van der Waals surface area contributed by atoms with Gasteiger partial charge in [-0.1, -0.05) is 18.7 Å². The maximum atomic E-state index is 12.4. The van der Waals surface area contributed by atoms with Gasteiger partial charge in [-0.3, -0.25) is 9.59 Å². The highest BCUT2D eigenvalue weighted by molar-refractivity contribution is 7.89. The normalized spacial score (nSPS) is 21.5. The lowest BCUT2D eigenvalue weighted by atomic mass is 9.96. The first kappa shape index (κ1) is 19.1. The zero-order valence-electron chi connectivity index (χ0n) is 14.6. The average Bonchev–Trinajstić information content (AvgIpc) is 2.72. The molecule has 8 heteroatoms. The number of likely N-dealkylation sites (N-methyl/N-ethyl adjacent to an activating group) is 1. The second-order valence-electron chi connectivity index (χ2n) is 6.54. The lowest BCUT2D eigenvalue weighted by Crippen LogP contribution is -2.52. The van der Waals surface area contributed by atoms with Crippen LogP contribution in [0.1, 0.15) is 29.8 Å². The summed E-state index contributed by atoms with van der Waals surface area (Å²) in [7, 11) is -1.84. The van der Waals surface area contributed by atoms with Gasteiger partial charge in [0.1, 0.15) is 0 Å². The summed E-state index contributed by atoms with van der Waals surface area (Å²) in [6.45, 7) is 7.28. The molecular formula is C17H23N3O4S. The van der Waals surface area contributed by atoms with Crippen molar-refractivity contribution < 1.29 is 18.0 Å². The Morgan fingerprint density at radius 1 is 1.32 bits per heavy atom. The van der Waals surface area contributed by atoms with Crippen LogP contribution in [0.15, 0.2) is 36.9 Å². The van der Waals surface area contributed by atoms with Gasteiger partial charge in [-0.15, -0.1) is 0 Å². The van der Waals surface area contributed by atoms with Crippen molar-refractivity contribution in [3.63, 3.8) is 0 Å². The van der Waals surface area contributed by atoms with Crippen LogP contribution < -0.4 is 10.6 Å². The van der Waals surface area contributed by atoms with E-state index in [1.54, 1.807) is 38.1 Å². The van der Waals surface area contributed by atoms with Gasteiger partial charge in [0, 0.05) is 19.2 Å². The molecule has 25 heavy (non-hydrogen) atoms. The topological polar surface area (TPSA) is 95.6 Å². The van der Waals surface area contributed by atoms with Gasteiger partial charge in [-0.2, -0.15) is 4.31 Å². The van der Waals surface area contributed by atoms with E-state index in [9.17, 15) is 18.0 Å². The summed E-state index contributed by atoms with van der Waals surface area (Å²) in [6.07, 6.45) is 1.19. The van der Waals surface area contributed by atoms with Crippen LogP contribution in [0.2, 0.25) is 0 Å². The Hall–Kier alpha value is -2.19. The predicted octanol–water partition coefficient (Wildman–Crippen LogP) is 0.641. The first-order chi connectivity index (χ1) is 11.6. The first-order valence-electron chi connectivity index (χ1n) is 7.84. The SMILES string of the molecule is C=CC(=O)NCc1ccc(C(=O)NC2CS(=O)(=O)N(C)C2(C)C)cc1. The standard InChI is InChI=1S/C17H23N3O4S/c1-5-15(21)18-10-12-6-8-13(9-7-12)16(22)19-14-11-25(23,24)20(4)17(14,2)3/h5-9,14H,1,10-11H2,2-4H3,(H,18,21)(H,19,22). The number of hydrogen-bond donors (Lipinski definition) is 2. The van der Waals surface area contributed by atoms with Gasteiger partial charge in [0.05, 0.1) is 17.3 Å². The van der Waals surface area contributed by atoms with Crippen molar-refractivity contribution in [2.24, 2.45) is 0 Å². The van der Waals surface area contributed by atoms with Crippen LogP contribution in [0.5, 0.6) is 0 Å². The molecule has 2 amide bonds. The lowest BCUT2D eigenvalue weighted by Gasteiger charge is -2.31. The van der Waals surface area contributed by atoms with Crippen LogP contribution in [-0.2, 0) is 21.4 Å². The molecule has 0 bridgehead atoms. The van der Waals surface area contributed by atoms with Crippen LogP contribution in [-0.4, -0.2) is 48.9 Å². The van der Waals surface area contributed by atoms with Crippen molar-refractivity contribution in [1.82, 2.24) is 14.9 Å². The highest BCUT2D eigenvalue weighted by atomic mass is 32.2. The molecule has 0 aromatic heterocycles. The molecule has 1 saturated heterocycles. The minimum atomic E-state index is -3.36. The largest absolute Gasteiger partial charge is 0.348 e. The molecule has 7 nitrogen and oxygen atoms in total. The lowest BCUT2D eigenvalue weighted by molar-refractivity contribution is -0.116. The Morgan fingerprint density at radius 2 is 1.92 bits per heavy atom. The quantitative estimate of drug-likeness (QED) is 0.749. The van der Waals surface area contributed by atoms with Crippen LogP contribution in [0.4, 0.5) is 0 Å². The van der Waals surface area contributed by atoms with Crippen LogP contribution in [0, 0.1) is 0 Å². The molecule has 0 radical (unpaired) electrons. The molecule has 1 aromatic rings. The minimum absolute atomic E-state index is 0.117. The number of sulfonamides is 1. The third kappa shape index (κ3) is 4.08. The molecule has 2 rings (SSSR count). The molecule has 1 unspecified atom stereocenters.